The van der Waals surface area contributed by atoms with Crippen molar-refractivity contribution in [1.82, 2.24) is 9.97 Å². The van der Waals surface area contributed by atoms with E-state index >= 15 is 0 Å². The van der Waals surface area contributed by atoms with Crippen LogP contribution in [0.15, 0.2) is 6.07 Å². The van der Waals surface area contributed by atoms with Gasteiger partial charge < -0.3 is 22.2 Å². The van der Waals surface area contributed by atoms with E-state index in [1.54, 1.807) is 6.07 Å². The molecule has 1 amide bonds. The number of hydrogen-bond acceptors (Lipinski definition) is 7. The molecule has 0 aliphatic carbocycles. The number of nitrogen functional groups attached to an aromatic ring is 2. The van der Waals surface area contributed by atoms with Gasteiger partial charge in [-0.25, -0.2) is 5.84 Å². The van der Waals surface area contributed by atoms with E-state index in [-0.39, 0.29) is 11.9 Å². The number of hydrogen-bond donors (Lipinski definition) is 5. The molecule has 0 spiro atoms. The molecular weight excluding hydrogens is 210 g/mol. The van der Waals surface area contributed by atoms with Crippen molar-refractivity contribution in [2.75, 3.05) is 23.0 Å². The van der Waals surface area contributed by atoms with Gasteiger partial charge in [0.25, 0.3) is 0 Å². The molecule has 0 aliphatic heterocycles. The van der Waals surface area contributed by atoms with Crippen LogP contribution in [-0.4, -0.2) is 22.4 Å². The van der Waals surface area contributed by atoms with E-state index in [1.807, 2.05) is 0 Å². The van der Waals surface area contributed by atoms with Gasteiger partial charge in [-0.3, -0.25) is 4.79 Å². The molecule has 0 unspecified atom stereocenters. The Morgan fingerprint density at radius 2 is 2.06 bits per heavy atom. The topological polar surface area (TPSA) is 145 Å². The largest absolute Gasteiger partial charge is 0.370 e. The van der Waals surface area contributed by atoms with Crippen LogP contribution in [0, 0.1) is 0 Å². The highest BCUT2D eigenvalue weighted by molar-refractivity contribution is 5.73. The van der Waals surface area contributed by atoms with E-state index in [4.69, 9.17) is 17.3 Å². The van der Waals surface area contributed by atoms with E-state index in [0.717, 1.165) is 0 Å². The Balaban J connectivity index is 2.47. The van der Waals surface area contributed by atoms with E-state index < -0.39 is 0 Å². The first-order chi connectivity index (χ1) is 7.61. The number of aromatic nitrogens is 2. The minimum atomic E-state index is -0.326. The summed E-state index contributed by atoms with van der Waals surface area (Å²) in [5.74, 6) is 5.96. The van der Waals surface area contributed by atoms with Gasteiger partial charge in [-0.05, 0) is 6.42 Å². The van der Waals surface area contributed by atoms with Crippen LogP contribution in [0.3, 0.4) is 0 Å². The second-order valence-corrected chi connectivity index (χ2v) is 3.14. The summed E-state index contributed by atoms with van der Waals surface area (Å²) in [6, 6.07) is 1.61. The Hall–Kier alpha value is -2.09. The molecule has 0 radical (unpaired) electrons. The van der Waals surface area contributed by atoms with Crippen molar-refractivity contribution < 1.29 is 4.79 Å². The first-order valence-electron chi connectivity index (χ1n) is 4.75. The van der Waals surface area contributed by atoms with Crippen LogP contribution in [0.4, 0.5) is 17.6 Å². The Labute approximate surface area is 92.6 Å². The Kier molecular flexibility index (Phi) is 4.28. The zero-order valence-corrected chi connectivity index (χ0v) is 8.73. The molecule has 0 aromatic carbocycles. The molecule has 0 aliphatic rings. The molecule has 0 fully saturated rings. The van der Waals surface area contributed by atoms with Crippen molar-refractivity contribution in [3.8, 4) is 0 Å². The molecule has 1 aromatic rings. The lowest BCUT2D eigenvalue weighted by Crippen LogP contribution is -2.14. The summed E-state index contributed by atoms with van der Waals surface area (Å²) in [5, 5.41) is 2.98. The maximum absolute atomic E-state index is 10.5. The zero-order chi connectivity index (χ0) is 12.0. The van der Waals surface area contributed by atoms with Crippen LogP contribution in [0.25, 0.3) is 0 Å². The molecular formula is C8H15N7O. The molecule has 1 rings (SSSR count). The fraction of sp³-hybridized carbons (Fsp3) is 0.375. The molecule has 1 aromatic heterocycles. The van der Waals surface area contributed by atoms with E-state index in [1.165, 1.54) is 0 Å². The van der Waals surface area contributed by atoms with Crippen LogP contribution in [0.5, 0.6) is 0 Å². The molecule has 0 saturated heterocycles. The number of carbonyl (C=O) groups excluding carboxylic acids is 1. The lowest BCUT2D eigenvalue weighted by Gasteiger charge is -2.07. The van der Waals surface area contributed by atoms with Gasteiger partial charge in [0.2, 0.25) is 11.9 Å². The number of primary amides is 1. The van der Waals surface area contributed by atoms with Gasteiger partial charge in [0, 0.05) is 19.0 Å². The van der Waals surface area contributed by atoms with Crippen LogP contribution in [0.1, 0.15) is 12.8 Å². The number of carbonyl (C=O) groups is 1. The number of nitrogens with two attached hydrogens (primary N) is 3. The van der Waals surface area contributed by atoms with E-state index in [0.29, 0.717) is 31.0 Å². The third-order valence-corrected chi connectivity index (χ3v) is 1.80. The highest BCUT2D eigenvalue weighted by atomic mass is 16.1. The van der Waals surface area contributed by atoms with Crippen molar-refractivity contribution in [3.05, 3.63) is 6.07 Å². The number of anilines is 3. The lowest BCUT2D eigenvalue weighted by atomic mass is 10.3. The minimum Gasteiger partial charge on any atom is -0.370 e. The van der Waals surface area contributed by atoms with Gasteiger partial charge in [0.15, 0.2) is 0 Å². The number of rotatable bonds is 6. The van der Waals surface area contributed by atoms with E-state index in [9.17, 15) is 4.79 Å². The average Bonchev–Trinajstić information content (AvgIpc) is 2.23. The number of hydrazine groups is 1. The predicted molar refractivity (Wildman–Crippen MR) is 61.2 cm³/mol. The van der Waals surface area contributed by atoms with Crippen molar-refractivity contribution in [2.24, 2.45) is 11.6 Å². The molecule has 16 heavy (non-hydrogen) atoms. The summed E-state index contributed by atoms with van der Waals surface area (Å²) in [7, 11) is 0. The lowest BCUT2D eigenvalue weighted by molar-refractivity contribution is -0.118. The Morgan fingerprint density at radius 1 is 1.38 bits per heavy atom. The van der Waals surface area contributed by atoms with Crippen molar-refractivity contribution >= 4 is 23.5 Å². The van der Waals surface area contributed by atoms with Gasteiger partial charge in [-0.2, -0.15) is 9.97 Å². The summed E-state index contributed by atoms with van der Waals surface area (Å²) in [4.78, 5) is 18.3. The molecule has 0 bridgehead atoms. The predicted octanol–water partition coefficient (Wildman–Crippen LogP) is -0.978. The Morgan fingerprint density at radius 3 is 2.69 bits per heavy atom. The monoisotopic (exact) mass is 225 g/mol. The average molecular weight is 225 g/mol. The maximum Gasteiger partial charge on any atom is 0.223 e. The first kappa shape index (κ1) is 12.0. The fourth-order valence-corrected chi connectivity index (χ4v) is 1.11. The van der Waals surface area contributed by atoms with Gasteiger partial charge >= 0.3 is 0 Å². The summed E-state index contributed by atoms with van der Waals surface area (Å²) < 4.78 is 0. The normalized spacial score (nSPS) is 9.81. The van der Waals surface area contributed by atoms with Crippen molar-refractivity contribution in [3.63, 3.8) is 0 Å². The SMILES string of the molecule is NNc1cc(NCCCC(N)=O)nc(N)n1. The standard InChI is InChI=1S/C8H15N7O/c9-5(16)2-1-3-12-6-4-7(15-11)14-8(10)13-6/h4H,1-3,11H2,(H2,9,16)(H4,10,12,13,14,15). The molecule has 8 nitrogen and oxygen atoms in total. The van der Waals surface area contributed by atoms with Crippen LogP contribution < -0.4 is 28.1 Å². The third-order valence-electron chi connectivity index (χ3n) is 1.80. The molecule has 8 heteroatoms. The smallest absolute Gasteiger partial charge is 0.223 e. The molecule has 1 heterocycles. The van der Waals surface area contributed by atoms with E-state index in [2.05, 4.69) is 20.7 Å². The second-order valence-electron chi connectivity index (χ2n) is 3.14. The first-order valence-corrected chi connectivity index (χ1v) is 4.75. The zero-order valence-electron chi connectivity index (χ0n) is 8.73. The highest BCUT2D eigenvalue weighted by Gasteiger charge is 2.01. The molecule has 8 N–H and O–H groups in total. The maximum atomic E-state index is 10.5. The van der Waals surface area contributed by atoms with Gasteiger partial charge in [-0.1, -0.05) is 0 Å². The van der Waals surface area contributed by atoms with Crippen molar-refractivity contribution in [2.45, 2.75) is 12.8 Å². The summed E-state index contributed by atoms with van der Waals surface area (Å²) in [5.41, 5.74) is 12.8. The molecule has 0 atom stereocenters. The number of nitrogens with one attached hydrogen (secondary N) is 2. The molecule has 0 saturated carbocycles. The second kappa shape index (κ2) is 5.71. The van der Waals surface area contributed by atoms with Gasteiger partial charge in [0.05, 0.1) is 0 Å². The summed E-state index contributed by atoms with van der Waals surface area (Å²) in [6.45, 7) is 0.573. The minimum absolute atomic E-state index is 0.118. The summed E-state index contributed by atoms with van der Waals surface area (Å²) in [6.07, 6.45) is 0.959. The van der Waals surface area contributed by atoms with Crippen LogP contribution in [-0.2, 0) is 4.79 Å². The number of amides is 1. The van der Waals surface area contributed by atoms with Gasteiger partial charge in [0.1, 0.15) is 11.6 Å². The number of nitrogens with zero attached hydrogens (tertiary/aromatic N) is 2. The fourth-order valence-electron chi connectivity index (χ4n) is 1.11. The Bertz CT molecular complexity index is 367. The summed E-state index contributed by atoms with van der Waals surface area (Å²) >= 11 is 0. The quantitative estimate of drug-likeness (QED) is 0.237. The van der Waals surface area contributed by atoms with Crippen LogP contribution >= 0.6 is 0 Å². The third kappa shape index (κ3) is 3.96. The molecule has 88 valence electrons. The highest BCUT2D eigenvalue weighted by Crippen LogP contribution is 2.11. The van der Waals surface area contributed by atoms with Crippen molar-refractivity contribution in [1.29, 1.82) is 0 Å². The van der Waals surface area contributed by atoms with Gasteiger partial charge in [-0.15, -0.1) is 0 Å². The van der Waals surface area contributed by atoms with Crippen LogP contribution in [0.2, 0.25) is 0 Å².